The Labute approximate surface area is 163 Å². The summed E-state index contributed by atoms with van der Waals surface area (Å²) in [6.07, 6.45) is 1.85. The number of fused-ring (bicyclic) bond motifs is 2. The van der Waals surface area contributed by atoms with Gasteiger partial charge < -0.3 is 14.0 Å². The Morgan fingerprint density at radius 2 is 2.00 bits per heavy atom. The Balaban J connectivity index is 1.48. The first-order valence-corrected chi connectivity index (χ1v) is 8.77. The molecule has 0 aliphatic rings. The van der Waals surface area contributed by atoms with Gasteiger partial charge >= 0.3 is 0 Å². The van der Waals surface area contributed by atoms with E-state index in [0.29, 0.717) is 28.7 Å². The predicted octanol–water partition coefficient (Wildman–Crippen LogP) is 1.96. The minimum Gasteiger partial charge on any atom is -0.491 e. The van der Waals surface area contributed by atoms with Crippen LogP contribution in [0, 0.1) is 6.92 Å². The molecule has 0 N–H and O–H groups in total. The first-order valence-electron chi connectivity index (χ1n) is 8.77. The number of aryl methyl sites for hydroxylation is 2. The topological polar surface area (TPSA) is 118 Å². The van der Waals surface area contributed by atoms with Crippen molar-refractivity contribution in [2.75, 3.05) is 7.11 Å². The molecule has 146 valence electrons. The van der Waals surface area contributed by atoms with Crippen molar-refractivity contribution in [1.29, 1.82) is 0 Å². The molecular weight excluding hydrogens is 376 g/mol. The number of ether oxygens (including phenoxy) is 2. The summed E-state index contributed by atoms with van der Waals surface area (Å²) in [4.78, 5) is 4.56. The SMILES string of the molecule is COc1cc2nnc(-c3cc(C)on3)n2nc1OCc1ccc2nn(C)cc2n1. The molecular formula is C18H16N8O3. The van der Waals surface area contributed by atoms with Gasteiger partial charge in [-0.2, -0.15) is 9.61 Å². The fourth-order valence-electron chi connectivity index (χ4n) is 2.97. The molecule has 0 aliphatic carbocycles. The van der Waals surface area contributed by atoms with Crippen LogP contribution in [0.4, 0.5) is 0 Å². The first kappa shape index (κ1) is 17.1. The summed E-state index contributed by atoms with van der Waals surface area (Å²) in [5.41, 5.74) is 3.39. The number of hydrogen-bond acceptors (Lipinski definition) is 9. The minimum absolute atomic E-state index is 0.209. The lowest BCUT2D eigenvalue weighted by atomic mass is 10.3. The van der Waals surface area contributed by atoms with Crippen LogP contribution in [0.5, 0.6) is 11.6 Å². The van der Waals surface area contributed by atoms with Gasteiger partial charge in [0.05, 0.1) is 19.0 Å². The zero-order chi connectivity index (χ0) is 20.0. The van der Waals surface area contributed by atoms with Crippen LogP contribution in [0.15, 0.2) is 35.0 Å². The Hall–Kier alpha value is -4.02. The lowest BCUT2D eigenvalue weighted by molar-refractivity contribution is 0.264. The van der Waals surface area contributed by atoms with E-state index in [0.717, 1.165) is 16.7 Å². The summed E-state index contributed by atoms with van der Waals surface area (Å²) in [6, 6.07) is 7.22. The molecule has 5 aromatic rings. The van der Waals surface area contributed by atoms with Gasteiger partial charge in [-0.3, -0.25) is 4.68 Å². The summed E-state index contributed by atoms with van der Waals surface area (Å²) in [5, 5.41) is 21.1. The maximum atomic E-state index is 5.90. The third kappa shape index (κ3) is 3.02. The second kappa shape index (κ2) is 6.55. The van der Waals surface area contributed by atoms with E-state index < -0.39 is 0 Å². The van der Waals surface area contributed by atoms with Gasteiger partial charge in [-0.05, 0) is 19.1 Å². The molecule has 5 heterocycles. The van der Waals surface area contributed by atoms with E-state index in [1.54, 1.807) is 30.8 Å². The number of aromatic nitrogens is 8. The van der Waals surface area contributed by atoms with Gasteiger partial charge in [-0.15, -0.1) is 15.3 Å². The summed E-state index contributed by atoms with van der Waals surface area (Å²) in [6.45, 7) is 2.01. The zero-order valence-electron chi connectivity index (χ0n) is 15.9. The summed E-state index contributed by atoms with van der Waals surface area (Å²) in [5.74, 6) is 1.84. The lowest BCUT2D eigenvalue weighted by Gasteiger charge is -2.09. The molecule has 11 nitrogen and oxygen atoms in total. The average molecular weight is 392 g/mol. The number of nitrogens with zero attached hydrogens (tertiary/aromatic N) is 8. The Morgan fingerprint density at radius 1 is 1.10 bits per heavy atom. The summed E-state index contributed by atoms with van der Waals surface area (Å²) < 4.78 is 19.7. The van der Waals surface area contributed by atoms with Crippen LogP contribution in [0.25, 0.3) is 28.2 Å². The first-order chi connectivity index (χ1) is 14.1. The molecule has 0 aromatic carbocycles. The van der Waals surface area contributed by atoms with Crippen LogP contribution >= 0.6 is 0 Å². The Bertz CT molecular complexity index is 1340. The Morgan fingerprint density at radius 3 is 2.79 bits per heavy atom. The highest BCUT2D eigenvalue weighted by molar-refractivity contribution is 5.73. The maximum Gasteiger partial charge on any atom is 0.275 e. The van der Waals surface area contributed by atoms with Crippen LogP contribution < -0.4 is 9.47 Å². The van der Waals surface area contributed by atoms with Crippen LogP contribution in [-0.4, -0.2) is 46.8 Å². The van der Waals surface area contributed by atoms with Gasteiger partial charge in [0.15, 0.2) is 17.1 Å². The number of hydrogen-bond donors (Lipinski definition) is 0. The molecule has 0 bridgehead atoms. The molecule has 0 fully saturated rings. The van der Waals surface area contributed by atoms with Crippen LogP contribution in [0.1, 0.15) is 11.5 Å². The van der Waals surface area contributed by atoms with Crippen LogP contribution in [0.3, 0.4) is 0 Å². The largest absolute Gasteiger partial charge is 0.491 e. The third-order valence-electron chi connectivity index (χ3n) is 4.30. The van der Waals surface area contributed by atoms with Crippen molar-refractivity contribution in [3.05, 3.63) is 41.9 Å². The lowest BCUT2D eigenvalue weighted by Crippen LogP contribution is -2.05. The predicted molar refractivity (Wildman–Crippen MR) is 100 cm³/mol. The van der Waals surface area contributed by atoms with Gasteiger partial charge in [0.25, 0.3) is 5.88 Å². The molecule has 5 aromatic heterocycles. The van der Waals surface area contributed by atoms with Crippen molar-refractivity contribution in [3.63, 3.8) is 0 Å². The molecule has 0 amide bonds. The highest BCUT2D eigenvalue weighted by atomic mass is 16.5. The molecule has 0 spiro atoms. The monoisotopic (exact) mass is 392 g/mol. The van der Waals surface area contributed by atoms with E-state index >= 15 is 0 Å². The van der Waals surface area contributed by atoms with Gasteiger partial charge in [0.2, 0.25) is 5.82 Å². The molecule has 0 atom stereocenters. The van der Waals surface area contributed by atoms with Crippen molar-refractivity contribution in [2.45, 2.75) is 13.5 Å². The molecule has 0 saturated carbocycles. The van der Waals surface area contributed by atoms with Crippen molar-refractivity contribution in [1.82, 2.24) is 39.7 Å². The molecule has 0 aliphatic heterocycles. The van der Waals surface area contributed by atoms with Gasteiger partial charge in [-0.25, -0.2) is 4.98 Å². The highest BCUT2D eigenvalue weighted by Crippen LogP contribution is 2.28. The van der Waals surface area contributed by atoms with Crippen molar-refractivity contribution < 1.29 is 14.0 Å². The van der Waals surface area contributed by atoms with Crippen LogP contribution in [-0.2, 0) is 13.7 Å². The molecule has 5 rings (SSSR count). The van der Waals surface area contributed by atoms with E-state index in [9.17, 15) is 0 Å². The third-order valence-corrected chi connectivity index (χ3v) is 4.30. The molecule has 11 heteroatoms. The quantitative estimate of drug-likeness (QED) is 0.442. The molecule has 0 radical (unpaired) electrons. The van der Waals surface area contributed by atoms with E-state index in [4.69, 9.17) is 14.0 Å². The van der Waals surface area contributed by atoms with E-state index in [1.807, 2.05) is 25.4 Å². The van der Waals surface area contributed by atoms with Crippen LogP contribution in [0.2, 0.25) is 0 Å². The van der Waals surface area contributed by atoms with Gasteiger partial charge in [0.1, 0.15) is 23.4 Å². The van der Waals surface area contributed by atoms with E-state index in [1.165, 1.54) is 4.52 Å². The summed E-state index contributed by atoms with van der Waals surface area (Å²) >= 11 is 0. The second-order valence-corrected chi connectivity index (χ2v) is 6.43. The second-order valence-electron chi connectivity index (χ2n) is 6.43. The zero-order valence-corrected chi connectivity index (χ0v) is 15.9. The standard InChI is InChI=1S/C18H16N8O3/c1-10-6-13(24-29-10)17-21-20-16-7-15(27-3)18(23-26(16)17)28-9-11-4-5-12-14(19-11)8-25(2)22-12/h4-8H,9H2,1-3H3. The molecule has 0 unspecified atom stereocenters. The van der Waals surface area contributed by atoms with Crippen molar-refractivity contribution >= 4 is 16.7 Å². The van der Waals surface area contributed by atoms with Crippen molar-refractivity contribution in [3.8, 4) is 23.1 Å². The normalized spacial score (nSPS) is 11.4. The molecule has 0 saturated heterocycles. The fourth-order valence-corrected chi connectivity index (χ4v) is 2.97. The number of methoxy groups -OCH3 is 1. The minimum atomic E-state index is 0.209. The van der Waals surface area contributed by atoms with Gasteiger partial charge in [0, 0.05) is 19.2 Å². The van der Waals surface area contributed by atoms with Gasteiger partial charge in [-0.1, -0.05) is 5.16 Å². The molecule has 29 heavy (non-hydrogen) atoms. The van der Waals surface area contributed by atoms with Crippen molar-refractivity contribution in [2.24, 2.45) is 7.05 Å². The average Bonchev–Trinajstić information content (AvgIpc) is 3.41. The summed E-state index contributed by atoms with van der Waals surface area (Å²) in [7, 11) is 3.40. The number of pyridine rings is 1. The fraction of sp³-hybridized carbons (Fsp3) is 0.222. The number of rotatable bonds is 5. The smallest absolute Gasteiger partial charge is 0.275 e. The van der Waals surface area contributed by atoms with E-state index in [-0.39, 0.29) is 12.5 Å². The van der Waals surface area contributed by atoms with E-state index in [2.05, 4.69) is 30.5 Å². The Kier molecular flexibility index (Phi) is 3.86. The highest BCUT2D eigenvalue weighted by Gasteiger charge is 2.18. The maximum absolute atomic E-state index is 5.90.